The lowest BCUT2D eigenvalue weighted by Crippen LogP contribution is -2.42. The predicted octanol–water partition coefficient (Wildman–Crippen LogP) is 2.83. The lowest BCUT2D eigenvalue weighted by molar-refractivity contribution is -0.120. The molecular formula is C30H34N4O7S. The number of carbonyl (C=O) groups excluding carboxylic acids is 1. The SMILES string of the molecule is COc1cc2ncn(CCOc3ccc(CC(=O)NCC(C)NS(=O)(=O)c4ccc(C)cc4)cc3)c(=O)c2cc1OC. The van der Waals surface area contributed by atoms with Crippen LogP contribution < -0.4 is 29.8 Å². The molecule has 0 fully saturated rings. The first kappa shape index (κ1) is 30.5. The Balaban J connectivity index is 1.25. The second-order valence-corrected chi connectivity index (χ2v) is 11.5. The minimum Gasteiger partial charge on any atom is -0.493 e. The second kappa shape index (κ2) is 13.5. The lowest BCUT2D eigenvalue weighted by atomic mass is 10.1. The predicted molar refractivity (Wildman–Crippen MR) is 159 cm³/mol. The molecule has 0 aliphatic heterocycles. The first-order valence-electron chi connectivity index (χ1n) is 13.3. The van der Waals surface area contributed by atoms with Crippen LogP contribution in [0.4, 0.5) is 0 Å². The molecule has 1 amide bonds. The zero-order chi connectivity index (χ0) is 30.3. The van der Waals surface area contributed by atoms with Crippen LogP contribution in [0, 0.1) is 6.92 Å². The molecule has 4 rings (SSSR count). The summed E-state index contributed by atoms with van der Waals surface area (Å²) in [4.78, 5) is 29.9. The molecule has 0 saturated carbocycles. The Labute approximate surface area is 244 Å². The molecule has 0 saturated heterocycles. The van der Waals surface area contributed by atoms with Gasteiger partial charge in [-0.3, -0.25) is 14.2 Å². The summed E-state index contributed by atoms with van der Waals surface area (Å²) in [6.45, 7) is 4.24. The van der Waals surface area contributed by atoms with E-state index in [9.17, 15) is 18.0 Å². The van der Waals surface area contributed by atoms with Crippen LogP contribution in [-0.2, 0) is 27.8 Å². The largest absolute Gasteiger partial charge is 0.493 e. The van der Waals surface area contributed by atoms with E-state index in [0.29, 0.717) is 28.2 Å². The van der Waals surface area contributed by atoms with Crippen molar-refractivity contribution >= 4 is 26.8 Å². The quantitative estimate of drug-likeness (QED) is 0.241. The number of benzene rings is 3. The van der Waals surface area contributed by atoms with Crippen LogP contribution in [0.5, 0.6) is 17.2 Å². The molecular weight excluding hydrogens is 560 g/mol. The summed E-state index contributed by atoms with van der Waals surface area (Å²) >= 11 is 0. The highest BCUT2D eigenvalue weighted by Crippen LogP contribution is 2.29. The number of nitrogens with zero attached hydrogens (tertiary/aromatic N) is 2. The summed E-state index contributed by atoms with van der Waals surface area (Å²) < 4.78 is 45.5. The van der Waals surface area contributed by atoms with Crippen LogP contribution in [0.3, 0.4) is 0 Å². The summed E-state index contributed by atoms with van der Waals surface area (Å²) in [6.07, 6.45) is 1.60. The van der Waals surface area contributed by atoms with Gasteiger partial charge in [-0.2, -0.15) is 0 Å². The number of amides is 1. The van der Waals surface area contributed by atoms with Gasteiger partial charge in [-0.1, -0.05) is 29.8 Å². The molecule has 0 spiro atoms. The van der Waals surface area contributed by atoms with Gasteiger partial charge < -0.3 is 19.5 Å². The number of ether oxygens (including phenoxy) is 3. The van der Waals surface area contributed by atoms with Crippen molar-refractivity contribution < 1.29 is 27.4 Å². The van der Waals surface area contributed by atoms with Crippen LogP contribution >= 0.6 is 0 Å². The molecule has 1 heterocycles. The van der Waals surface area contributed by atoms with Crippen LogP contribution in [0.15, 0.2) is 76.7 Å². The van der Waals surface area contributed by atoms with Crippen LogP contribution in [0.2, 0.25) is 0 Å². The smallest absolute Gasteiger partial charge is 0.261 e. The van der Waals surface area contributed by atoms with Crippen molar-refractivity contribution in [3.63, 3.8) is 0 Å². The van der Waals surface area contributed by atoms with E-state index >= 15 is 0 Å². The first-order chi connectivity index (χ1) is 20.1. The second-order valence-electron chi connectivity index (χ2n) is 9.78. The number of hydrogen-bond acceptors (Lipinski definition) is 8. The van der Waals surface area contributed by atoms with Gasteiger partial charge >= 0.3 is 0 Å². The highest BCUT2D eigenvalue weighted by molar-refractivity contribution is 7.89. The monoisotopic (exact) mass is 594 g/mol. The molecule has 1 unspecified atom stereocenters. The molecule has 222 valence electrons. The Kier molecular flexibility index (Phi) is 9.81. The average Bonchev–Trinajstić information content (AvgIpc) is 2.97. The number of nitrogens with one attached hydrogen (secondary N) is 2. The van der Waals surface area contributed by atoms with Crippen molar-refractivity contribution in [2.24, 2.45) is 0 Å². The molecule has 12 heteroatoms. The maximum atomic E-state index is 12.9. The van der Waals surface area contributed by atoms with E-state index in [0.717, 1.165) is 11.1 Å². The molecule has 0 aliphatic carbocycles. The third-order valence-corrected chi connectivity index (χ3v) is 8.12. The van der Waals surface area contributed by atoms with Gasteiger partial charge in [0.1, 0.15) is 12.4 Å². The topological polar surface area (TPSA) is 138 Å². The third-order valence-electron chi connectivity index (χ3n) is 6.51. The van der Waals surface area contributed by atoms with Crippen LogP contribution in [0.25, 0.3) is 10.9 Å². The Morgan fingerprint density at radius 1 is 1.00 bits per heavy atom. The Bertz CT molecular complexity index is 1700. The Morgan fingerprint density at radius 2 is 1.67 bits per heavy atom. The van der Waals surface area contributed by atoms with Crippen LogP contribution in [-0.4, -0.2) is 57.3 Å². The number of methoxy groups -OCH3 is 2. The molecule has 11 nitrogen and oxygen atoms in total. The standard InChI is InChI=1S/C30H34N4O7S/c1-20-5-11-24(12-6-20)42(37,38)33-21(2)18-31-29(35)15-22-7-9-23(10-8-22)41-14-13-34-19-32-26-17-28(40-4)27(39-3)16-25(26)30(34)36/h5-12,16-17,19,21,33H,13-15,18H2,1-4H3,(H,31,35). The van der Waals surface area contributed by atoms with Crippen molar-refractivity contribution in [3.8, 4) is 17.2 Å². The molecule has 2 N–H and O–H groups in total. The van der Waals surface area contributed by atoms with Gasteiger partial charge in [0.05, 0.1) is 49.3 Å². The first-order valence-corrected chi connectivity index (χ1v) is 14.8. The summed E-state index contributed by atoms with van der Waals surface area (Å²) in [6, 6.07) is 16.4. The van der Waals surface area contributed by atoms with E-state index in [2.05, 4.69) is 15.0 Å². The fourth-order valence-electron chi connectivity index (χ4n) is 4.22. The molecule has 0 bridgehead atoms. The highest BCUT2D eigenvalue weighted by atomic mass is 32.2. The van der Waals surface area contributed by atoms with Gasteiger partial charge in [-0.25, -0.2) is 18.1 Å². The van der Waals surface area contributed by atoms with Gasteiger partial charge in [-0.05, 0) is 49.7 Å². The normalized spacial score (nSPS) is 12.1. The number of aryl methyl sites for hydroxylation is 1. The molecule has 4 aromatic rings. The van der Waals surface area contributed by atoms with Crippen molar-refractivity contribution in [2.75, 3.05) is 27.4 Å². The Morgan fingerprint density at radius 3 is 2.33 bits per heavy atom. The van der Waals surface area contributed by atoms with E-state index in [4.69, 9.17) is 14.2 Å². The number of aromatic nitrogens is 2. The number of sulfonamides is 1. The number of carbonyl (C=O) groups is 1. The van der Waals surface area contributed by atoms with Gasteiger partial charge in [0.15, 0.2) is 11.5 Å². The fraction of sp³-hybridized carbons (Fsp3) is 0.300. The molecule has 0 radical (unpaired) electrons. The summed E-state index contributed by atoms with van der Waals surface area (Å²) in [5.41, 5.74) is 2.02. The molecule has 1 aromatic heterocycles. The minimum atomic E-state index is -3.68. The molecule has 3 aromatic carbocycles. The Hall–Kier alpha value is -4.42. The summed E-state index contributed by atoms with van der Waals surface area (Å²) in [5.74, 6) is 1.30. The molecule has 1 atom stereocenters. The van der Waals surface area contributed by atoms with Crippen molar-refractivity contribution in [2.45, 2.75) is 37.8 Å². The van der Waals surface area contributed by atoms with E-state index in [1.807, 2.05) is 6.92 Å². The van der Waals surface area contributed by atoms with Gasteiger partial charge in [0, 0.05) is 18.7 Å². The van der Waals surface area contributed by atoms with Crippen LogP contribution in [0.1, 0.15) is 18.1 Å². The van der Waals surface area contributed by atoms with E-state index in [1.54, 1.807) is 67.6 Å². The number of hydrogen-bond donors (Lipinski definition) is 2. The minimum absolute atomic E-state index is 0.129. The average molecular weight is 595 g/mol. The van der Waals surface area contributed by atoms with Crippen molar-refractivity contribution in [3.05, 3.63) is 88.5 Å². The summed E-state index contributed by atoms with van der Waals surface area (Å²) in [5, 5.41) is 3.18. The van der Waals surface area contributed by atoms with Crippen molar-refractivity contribution in [1.82, 2.24) is 19.6 Å². The van der Waals surface area contributed by atoms with Crippen molar-refractivity contribution in [1.29, 1.82) is 0 Å². The fourth-order valence-corrected chi connectivity index (χ4v) is 5.46. The third kappa shape index (κ3) is 7.65. The van der Waals surface area contributed by atoms with Gasteiger partial charge in [0.2, 0.25) is 15.9 Å². The zero-order valence-electron chi connectivity index (χ0n) is 23.9. The number of rotatable bonds is 13. The molecule has 42 heavy (non-hydrogen) atoms. The highest BCUT2D eigenvalue weighted by Gasteiger charge is 2.18. The summed E-state index contributed by atoms with van der Waals surface area (Å²) in [7, 11) is -0.652. The number of fused-ring (bicyclic) bond motifs is 1. The maximum Gasteiger partial charge on any atom is 0.261 e. The maximum absolute atomic E-state index is 12.9. The zero-order valence-corrected chi connectivity index (χ0v) is 24.7. The van der Waals surface area contributed by atoms with Gasteiger partial charge in [0.25, 0.3) is 5.56 Å². The van der Waals surface area contributed by atoms with E-state index in [1.165, 1.54) is 25.1 Å². The van der Waals surface area contributed by atoms with E-state index < -0.39 is 16.1 Å². The lowest BCUT2D eigenvalue weighted by Gasteiger charge is -2.15. The van der Waals surface area contributed by atoms with Gasteiger partial charge in [-0.15, -0.1) is 0 Å². The van der Waals surface area contributed by atoms with E-state index in [-0.39, 0.29) is 42.5 Å². The molecule has 0 aliphatic rings.